The van der Waals surface area contributed by atoms with Crippen LogP contribution in [-0.4, -0.2) is 73.1 Å². The highest BCUT2D eigenvalue weighted by Crippen LogP contribution is 2.31. The molecule has 0 spiro atoms. The number of rotatable bonds is 4. The van der Waals surface area contributed by atoms with Crippen molar-refractivity contribution in [2.75, 3.05) is 40.4 Å². The second-order valence-electron chi connectivity index (χ2n) is 6.36. The van der Waals surface area contributed by atoms with Gasteiger partial charge in [0.2, 0.25) is 5.91 Å². The molecule has 0 bridgehead atoms. The molecule has 0 radical (unpaired) electrons. The first-order valence-corrected chi connectivity index (χ1v) is 8.82. The largest absolute Gasteiger partial charge is 0.495 e. The molecule has 2 aromatic rings. The van der Waals surface area contributed by atoms with Crippen LogP contribution < -0.4 is 10.5 Å². The Morgan fingerprint density at radius 2 is 1.71 bits per heavy atom. The lowest BCUT2D eigenvalue weighted by Gasteiger charge is -2.33. The predicted molar refractivity (Wildman–Crippen MR) is 101 cm³/mol. The minimum absolute atomic E-state index is 0.0856. The fourth-order valence-electron chi connectivity index (χ4n) is 3.35. The lowest BCUT2D eigenvalue weighted by molar-refractivity contribution is -0.132. The van der Waals surface area contributed by atoms with Crippen molar-refractivity contribution in [1.29, 1.82) is 0 Å². The van der Waals surface area contributed by atoms with Crippen LogP contribution >= 0.6 is 0 Å². The summed E-state index contributed by atoms with van der Waals surface area (Å²) in [5.74, 6) is -0.582. The van der Waals surface area contributed by atoms with Gasteiger partial charge >= 0.3 is 6.09 Å². The molecule has 1 aliphatic rings. The van der Waals surface area contributed by atoms with Gasteiger partial charge in [-0.05, 0) is 12.1 Å². The molecule has 1 aromatic carbocycles. The van der Waals surface area contributed by atoms with E-state index in [0.29, 0.717) is 42.8 Å². The highest BCUT2D eigenvalue weighted by Gasteiger charge is 2.27. The summed E-state index contributed by atoms with van der Waals surface area (Å²) in [5.41, 5.74) is 6.57. The topological polar surface area (TPSA) is 115 Å². The zero-order valence-electron chi connectivity index (χ0n) is 15.8. The third kappa shape index (κ3) is 3.68. The van der Waals surface area contributed by atoms with Crippen LogP contribution in [0.25, 0.3) is 10.9 Å². The molecule has 1 aliphatic heterocycles. The first-order chi connectivity index (χ1) is 13.5. The van der Waals surface area contributed by atoms with Crippen LogP contribution in [0.1, 0.15) is 16.1 Å². The van der Waals surface area contributed by atoms with Crippen LogP contribution in [0.2, 0.25) is 0 Å². The van der Waals surface area contributed by atoms with Gasteiger partial charge in [-0.25, -0.2) is 4.79 Å². The average molecular weight is 386 g/mol. The Bertz CT molecular complexity index is 922. The number of methoxy groups -OCH3 is 2. The number of pyridine rings is 1. The minimum atomic E-state index is -0.701. The minimum Gasteiger partial charge on any atom is -0.495 e. The first kappa shape index (κ1) is 19.4. The van der Waals surface area contributed by atoms with E-state index in [2.05, 4.69) is 4.98 Å². The molecule has 3 amide bonds. The van der Waals surface area contributed by atoms with Crippen molar-refractivity contribution in [3.05, 3.63) is 35.5 Å². The normalized spacial score (nSPS) is 14.1. The Balaban J connectivity index is 1.86. The van der Waals surface area contributed by atoms with Crippen LogP contribution in [0.5, 0.6) is 5.75 Å². The Hall–Kier alpha value is -3.36. The molecule has 0 aliphatic carbocycles. The van der Waals surface area contributed by atoms with Crippen molar-refractivity contribution in [3.63, 3.8) is 0 Å². The van der Waals surface area contributed by atoms with Crippen molar-refractivity contribution in [2.45, 2.75) is 6.42 Å². The number of nitrogens with two attached hydrogens (primary N) is 1. The van der Waals surface area contributed by atoms with Gasteiger partial charge in [-0.3, -0.25) is 14.6 Å². The molecule has 2 N–H and O–H groups in total. The highest BCUT2D eigenvalue weighted by molar-refractivity contribution is 6.03. The summed E-state index contributed by atoms with van der Waals surface area (Å²) in [7, 11) is 2.77. The van der Waals surface area contributed by atoms with E-state index in [4.69, 9.17) is 15.2 Å². The molecule has 1 fully saturated rings. The number of amides is 3. The maximum atomic E-state index is 12.8. The Morgan fingerprint density at radius 3 is 2.32 bits per heavy atom. The quantitative estimate of drug-likeness (QED) is 0.831. The molecule has 0 unspecified atom stereocenters. The molecule has 9 nitrogen and oxygen atoms in total. The van der Waals surface area contributed by atoms with Crippen molar-refractivity contribution in [1.82, 2.24) is 14.8 Å². The summed E-state index contributed by atoms with van der Waals surface area (Å²) in [4.78, 5) is 44.1. The van der Waals surface area contributed by atoms with Crippen LogP contribution in [0, 0.1) is 0 Å². The monoisotopic (exact) mass is 386 g/mol. The van der Waals surface area contributed by atoms with Crippen LogP contribution in [-0.2, 0) is 16.0 Å². The zero-order chi connectivity index (χ0) is 20.3. The molecule has 9 heteroatoms. The second-order valence-corrected chi connectivity index (χ2v) is 6.36. The van der Waals surface area contributed by atoms with E-state index in [1.165, 1.54) is 19.1 Å². The van der Waals surface area contributed by atoms with E-state index in [-0.39, 0.29) is 23.6 Å². The number of carbonyl (C=O) groups excluding carboxylic acids is 3. The number of nitrogens with zero attached hydrogens (tertiary/aromatic N) is 3. The molecule has 3 rings (SSSR count). The van der Waals surface area contributed by atoms with E-state index in [1.807, 2.05) is 12.1 Å². The summed E-state index contributed by atoms with van der Waals surface area (Å²) in [6.07, 6.45) is -0.499. The standard InChI is InChI=1S/C19H22N4O5/c1-27-17-12-5-3-4-6-13(12)21-14(16(17)18(20)25)11-15(24)22-7-9-23(10-8-22)19(26)28-2/h3-6H,7-11H2,1-2H3,(H2,20,25). The van der Waals surface area contributed by atoms with E-state index >= 15 is 0 Å². The number of fused-ring (bicyclic) bond motifs is 1. The lowest BCUT2D eigenvalue weighted by atomic mass is 10.0. The molecule has 1 saturated heterocycles. The smallest absolute Gasteiger partial charge is 0.409 e. The zero-order valence-corrected chi connectivity index (χ0v) is 15.8. The molecule has 28 heavy (non-hydrogen) atoms. The van der Waals surface area contributed by atoms with Crippen molar-refractivity contribution >= 4 is 28.8 Å². The SMILES string of the molecule is COC(=O)N1CCN(C(=O)Cc2nc3ccccc3c(OC)c2C(N)=O)CC1. The third-order valence-electron chi connectivity index (χ3n) is 4.75. The van der Waals surface area contributed by atoms with Crippen LogP contribution in [0.15, 0.2) is 24.3 Å². The van der Waals surface area contributed by atoms with Gasteiger partial charge in [0.05, 0.1) is 31.9 Å². The lowest BCUT2D eigenvalue weighted by Crippen LogP contribution is -2.51. The molecule has 0 saturated carbocycles. The Kier molecular flexibility index (Phi) is 5.62. The van der Waals surface area contributed by atoms with Gasteiger partial charge in [0, 0.05) is 31.6 Å². The van der Waals surface area contributed by atoms with Gasteiger partial charge in [0.1, 0.15) is 11.3 Å². The number of piperazine rings is 1. The summed E-state index contributed by atoms with van der Waals surface area (Å²) >= 11 is 0. The van der Waals surface area contributed by atoms with Crippen molar-refractivity contribution < 1.29 is 23.9 Å². The van der Waals surface area contributed by atoms with Gasteiger partial charge in [0.25, 0.3) is 5.91 Å². The summed E-state index contributed by atoms with van der Waals surface area (Å²) < 4.78 is 10.1. The fraction of sp³-hybridized carbons (Fsp3) is 0.368. The summed E-state index contributed by atoms with van der Waals surface area (Å²) in [6.45, 7) is 1.53. The number of hydrogen-bond acceptors (Lipinski definition) is 6. The summed E-state index contributed by atoms with van der Waals surface area (Å²) in [6, 6.07) is 7.19. The van der Waals surface area contributed by atoms with Gasteiger partial charge in [-0.1, -0.05) is 12.1 Å². The number of hydrogen-bond donors (Lipinski definition) is 1. The number of ether oxygens (including phenoxy) is 2. The maximum absolute atomic E-state index is 12.8. The van der Waals surface area contributed by atoms with Gasteiger partial charge < -0.3 is 25.0 Å². The summed E-state index contributed by atoms with van der Waals surface area (Å²) in [5, 5.41) is 0.654. The number of para-hydroxylation sites is 1. The Labute approximate surface area is 162 Å². The Morgan fingerprint density at radius 1 is 1.07 bits per heavy atom. The molecular formula is C19H22N4O5. The second kappa shape index (κ2) is 8.12. The first-order valence-electron chi connectivity index (χ1n) is 8.82. The maximum Gasteiger partial charge on any atom is 0.409 e. The number of primary amides is 1. The fourth-order valence-corrected chi connectivity index (χ4v) is 3.35. The van der Waals surface area contributed by atoms with Crippen molar-refractivity contribution in [2.24, 2.45) is 5.73 Å². The van der Waals surface area contributed by atoms with Crippen molar-refractivity contribution in [3.8, 4) is 5.75 Å². The van der Waals surface area contributed by atoms with E-state index in [9.17, 15) is 14.4 Å². The average Bonchev–Trinajstić information content (AvgIpc) is 2.71. The molecule has 1 aromatic heterocycles. The molecule has 0 atom stereocenters. The van der Waals surface area contributed by atoms with E-state index in [0.717, 1.165) is 0 Å². The highest BCUT2D eigenvalue weighted by atomic mass is 16.5. The number of carbonyl (C=O) groups is 3. The van der Waals surface area contributed by atoms with Gasteiger partial charge in [-0.2, -0.15) is 0 Å². The third-order valence-corrected chi connectivity index (χ3v) is 4.75. The van der Waals surface area contributed by atoms with E-state index in [1.54, 1.807) is 17.0 Å². The van der Waals surface area contributed by atoms with Gasteiger partial charge in [-0.15, -0.1) is 0 Å². The molecule has 2 heterocycles. The molecule has 148 valence electrons. The predicted octanol–water partition coefficient (Wildman–Crippen LogP) is 0.795. The van der Waals surface area contributed by atoms with Crippen LogP contribution in [0.3, 0.4) is 0 Å². The number of benzene rings is 1. The molecular weight excluding hydrogens is 364 g/mol. The number of aromatic nitrogens is 1. The van der Waals surface area contributed by atoms with Crippen LogP contribution in [0.4, 0.5) is 4.79 Å². The van der Waals surface area contributed by atoms with E-state index < -0.39 is 12.0 Å². The van der Waals surface area contributed by atoms with Gasteiger partial charge in [0.15, 0.2) is 0 Å².